The van der Waals surface area contributed by atoms with Crippen LogP contribution in [-0.2, 0) is 19.6 Å². The smallest absolute Gasteiger partial charge is 0.344 e. The van der Waals surface area contributed by atoms with Crippen LogP contribution >= 0.6 is 11.6 Å². The summed E-state index contributed by atoms with van der Waals surface area (Å²) in [5.41, 5.74) is 0.366. The van der Waals surface area contributed by atoms with E-state index in [2.05, 4.69) is 4.72 Å². The first-order chi connectivity index (χ1) is 11.4. The molecular formula is C16H16ClNO5S. The van der Waals surface area contributed by atoms with Gasteiger partial charge in [-0.2, -0.15) is 0 Å². The second-order valence-corrected chi connectivity index (χ2v) is 6.80. The summed E-state index contributed by atoms with van der Waals surface area (Å²) in [6.07, 6.45) is 0. The van der Waals surface area contributed by atoms with Gasteiger partial charge in [0, 0.05) is 5.02 Å². The third kappa shape index (κ3) is 5.14. The van der Waals surface area contributed by atoms with Crippen molar-refractivity contribution in [1.29, 1.82) is 0 Å². The minimum absolute atomic E-state index is 0.0611. The summed E-state index contributed by atoms with van der Waals surface area (Å²) in [5, 5.41) is 0.429. The number of hydrogen-bond donors (Lipinski definition) is 1. The maximum Gasteiger partial charge on any atom is 0.344 e. The SMILES string of the molecule is CCOC(=O)COc1ccc(S(=O)(=O)Nc2cccc(Cl)c2)cc1. The molecule has 2 aromatic rings. The number of rotatable bonds is 7. The molecule has 0 aromatic heterocycles. The number of esters is 1. The Morgan fingerprint density at radius 3 is 2.50 bits per heavy atom. The highest BCUT2D eigenvalue weighted by molar-refractivity contribution is 7.92. The van der Waals surface area contributed by atoms with E-state index in [-0.39, 0.29) is 18.1 Å². The highest BCUT2D eigenvalue weighted by Crippen LogP contribution is 2.21. The molecule has 6 nitrogen and oxygen atoms in total. The average Bonchev–Trinajstić information content (AvgIpc) is 2.53. The van der Waals surface area contributed by atoms with Crippen molar-refractivity contribution in [3.8, 4) is 5.75 Å². The van der Waals surface area contributed by atoms with E-state index < -0.39 is 16.0 Å². The molecule has 0 bridgehead atoms. The molecule has 0 aliphatic rings. The standard InChI is InChI=1S/C16H16ClNO5S/c1-2-22-16(19)11-23-14-6-8-15(9-7-14)24(20,21)18-13-5-3-4-12(17)10-13/h3-10,18H,2,11H2,1H3. The summed E-state index contributed by atoms with van der Waals surface area (Å²) in [5.74, 6) is -0.124. The largest absolute Gasteiger partial charge is 0.482 e. The molecular weight excluding hydrogens is 354 g/mol. The van der Waals surface area contributed by atoms with Crippen molar-refractivity contribution in [2.24, 2.45) is 0 Å². The van der Waals surface area contributed by atoms with E-state index in [1.54, 1.807) is 25.1 Å². The lowest BCUT2D eigenvalue weighted by molar-refractivity contribution is -0.145. The van der Waals surface area contributed by atoms with Crippen molar-refractivity contribution in [2.75, 3.05) is 17.9 Å². The quantitative estimate of drug-likeness (QED) is 0.758. The highest BCUT2D eigenvalue weighted by Gasteiger charge is 2.14. The number of halogens is 1. The summed E-state index contributed by atoms with van der Waals surface area (Å²) in [6.45, 7) is 1.74. The van der Waals surface area contributed by atoms with Gasteiger partial charge in [-0.3, -0.25) is 4.72 Å². The third-order valence-corrected chi connectivity index (χ3v) is 4.51. The Hall–Kier alpha value is -2.25. The summed E-state index contributed by atoms with van der Waals surface area (Å²) in [4.78, 5) is 11.3. The molecule has 0 fully saturated rings. The van der Waals surface area contributed by atoms with Gasteiger partial charge in [-0.15, -0.1) is 0 Å². The Kier molecular flexibility index (Phi) is 6.05. The molecule has 24 heavy (non-hydrogen) atoms. The van der Waals surface area contributed by atoms with E-state index in [1.807, 2.05) is 0 Å². The number of anilines is 1. The van der Waals surface area contributed by atoms with Gasteiger partial charge >= 0.3 is 5.97 Å². The molecule has 0 aliphatic carbocycles. The van der Waals surface area contributed by atoms with Gasteiger partial charge in [-0.1, -0.05) is 17.7 Å². The lowest BCUT2D eigenvalue weighted by Crippen LogP contribution is -2.15. The molecule has 128 valence electrons. The molecule has 2 aromatic carbocycles. The molecule has 0 aliphatic heterocycles. The van der Waals surface area contributed by atoms with Gasteiger partial charge in [0.05, 0.1) is 17.2 Å². The fourth-order valence-corrected chi connectivity index (χ4v) is 3.07. The average molecular weight is 370 g/mol. The van der Waals surface area contributed by atoms with Gasteiger partial charge in [-0.25, -0.2) is 13.2 Å². The maximum absolute atomic E-state index is 12.3. The van der Waals surface area contributed by atoms with Crippen LogP contribution in [0.25, 0.3) is 0 Å². The molecule has 8 heteroatoms. The Morgan fingerprint density at radius 1 is 1.17 bits per heavy atom. The predicted molar refractivity (Wildman–Crippen MR) is 90.8 cm³/mol. The van der Waals surface area contributed by atoms with Gasteiger partial charge in [0.2, 0.25) is 0 Å². The molecule has 1 N–H and O–H groups in total. The summed E-state index contributed by atoms with van der Waals surface area (Å²) in [7, 11) is -3.74. The van der Waals surface area contributed by atoms with Gasteiger partial charge in [0.1, 0.15) is 5.75 Å². The van der Waals surface area contributed by atoms with Crippen LogP contribution in [0.3, 0.4) is 0 Å². The number of benzene rings is 2. The van der Waals surface area contributed by atoms with Gasteiger partial charge < -0.3 is 9.47 Å². The van der Waals surface area contributed by atoms with Crippen LogP contribution < -0.4 is 9.46 Å². The van der Waals surface area contributed by atoms with Crippen molar-refractivity contribution in [3.63, 3.8) is 0 Å². The fourth-order valence-electron chi connectivity index (χ4n) is 1.83. The zero-order valence-electron chi connectivity index (χ0n) is 12.9. The fraction of sp³-hybridized carbons (Fsp3) is 0.188. The Bertz CT molecular complexity index is 805. The first-order valence-electron chi connectivity index (χ1n) is 7.07. The van der Waals surface area contributed by atoms with Crippen LogP contribution in [0.5, 0.6) is 5.75 Å². The summed E-state index contributed by atoms with van der Waals surface area (Å²) >= 11 is 5.83. The molecule has 0 atom stereocenters. The van der Waals surface area contributed by atoms with Crippen molar-refractivity contribution in [1.82, 2.24) is 0 Å². The molecule has 0 unspecified atom stereocenters. The van der Waals surface area contributed by atoms with Crippen molar-refractivity contribution in [2.45, 2.75) is 11.8 Å². The van der Waals surface area contributed by atoms with Gasteiger partial charge in [-0.05, 0) is 49.4 Å². The zero-order chi connectivity index (χ0) is 17.6. The number of carbonyl (C=O) groups excluding carboxylic acids is 1. The van der Waals surface area contributed by atoms with Crippen LogP contribution in [0.15, 0.2) is 53.4 Å². The second-order valence-electron chi connectivity index (χ2n) is 4.68. The Balaban J connectivity index is 2.04. The Morgan fingerprint density at radius 2 is 1.88 bits per heavy atom. The first-order valence-corrected chi connectivity index (χ1v) is 8.93. The molecule has 0 heterocycles. The molecule has 0 amide bonds. The molecule has 2 rings (SSSR count). The van der Waals surface area contributed by atoms with Crippen molar-refractivity contribution < 1.29 is 22.7 Å². The van der Waals surface area contributed by atoms with Crippen LogP contribution in [0.4, 0.5) is 5.69 Å². The van der Waals surface area contributed by atoms with E-state index in [4.69, 9.17) is 21.1 Å². The lowest BCUT2D eigenvalue weighted by Gasteiger charge is -2.09. The number of ether oxygens (including phenoxy) is 2. The summed E-state index contributed by atoms with van der Waals surface area (Å²) < 4.78 is 37.0. The second kappa shape index (κ2) is 8.03. The molecule has 0 radical (unpaired) electrons. The Labute approximate surface area is 145 Å². The van der Waals surface area contributed by atoms with E-state index in [1.165, 1.54) is 30.3 Å². The molecule has 0 saturated carbocycles. The highest BCUT2D eigenvalue weighted by atomic mass is 35.5. The number of hydrogen-bond acceptors (Lipinski definition) is 5. The van der Waals surface area contributed by atoms with E-state index in [9.17, 15) is 13.2 Å². The predicted octanol–water partition coefficient (Wildman–Crippen LogP) is 3.08. The third-order valence-electron chi connectivity index (χ3n) is 2.87. The zero-order valence-corrected chi connectivity index (χ0v) is 14.4. The van der Waals surface area contributed by atoms with E-state index >= 15 is 0 Å². The number of nitrogens with one attached hydrogen (secondary N) is 1. The topological polar surface area (TPSA) is 81.7 Å². The lowest BCUT2D eigenvalue weighted by atomic mass is 10.3. The van der Waals surface area contributed by atoms with E-state index in [0.717, 1.165) is 0 Å². The van der Waals surface area contributed by atoms with Crippen LogP contribution in [0.2, 0.25) is 5.02 Å². The van der Waals surface area contributed by atoms with E-state index in [0.29, 0.717) is 16.5 Å². The first kappa shape index (κ1) is 18.1. The maximum atomic E-state index is 12.3. The molecule has 0 spiro atoms. The van der Waals surface area contributed by atoms with Crippen molar-refractivity contribution >= 4 is 33.3 Å². The van der Waals surface area contributed by atoms with Gasteiger partial charge in [0.15, 0.2) is 6.61 Å². The number of carbonyl (C=O) groups is 1. The van der Waals surface area contributed by atoms with Crippen LogP contribution in [0.1, 0.15) is 6.92 Å². The monoisotopic (exact) mass is 369 g/mol. The summed E-state index contributed by atoms with van der Waals surface area (Å²) in [6, 6.07) is 12.1. The van der Waals surface area contributed by atoms with Crippen molar-refractivity contribution in [3.05, 3.63) is 53.6 Å². The number of sulfonamides is 1. The minimum Gasteiger partial charge on any atom is -0.482 e. The van der Waals surface area contributed by atoms with Crippen LogP contribution in [-0.4, -0.2) is 27.6 Å². The molecule has 0 saturated heterocycles. The normalized spacial score (nSPS) is 10.9. The minimum atomic E-state index is -3.74. The van der Waals surface area contributed by atoms with Gasteiger partial charge in [0.25, 0.3) is 10.0 Å². The van der Waals surface area contributed by atoms with Crippen LogP contribution in [0, 0.1) is 0 Å².